The molecule has 0 bridgehead atoms. The lowest BCUT2D eigenvalue weighted by Crippen LogP contribution is -2.47. The van der Waals surface area contributed by atoms with Crippen LogP contribution in [0.25, 0.3) is 0 Å². The number of rotatable bonds is 4. The van der Waals surface area contributed by atoms with Crippen LogP contribution >= 0.6 is 0 Å². The van der Waals surface area contributed by atoms with E-state index in [1.54, 1.807) is 19.1 Å². The van der Waals surface area contributed by atoms with Crippen molar-refractivity contribution in [3.05, 3.63) is 29.3 Å². The topological polar surface area (TPSA) is 92.4 Å². The van der Waals surface area contributed by atoms with E-state index in [-0.39, 0.29) is 11.5 Å². The molecule has 0 radical (unpaired) electrons. The summed E-state index contributed by atoms with van der Waals surface area (Å²) in [6, 6.07) is 4.88. The maximum atomic E-state index is 12.2. The maximum absolute atomic E-state index is 12.2. The summed E-state index contributed by atoms with van der Waals surface area (Å²) in [5, 5.41) is 11.8. The van der Waals surface area contributed by atoms with Gasteiger partial charge in [0.25, 0.3) is 0 Å². The number of carbonyl (C=O) groups is 2. The van der Waals surface area contributed by atoms with Crippen molar-refractivity contribution in [2.45, 2.75) is 26.2 Å². The van der Waals surface area contributed by atoms with Crippen LogP contribution in [0.1, 0.15) is 35.2 Å². The van der Waals surface area contributed by atoms with Gasteiger partial charge in [-0.2, -0.15) is 0 Å². The van der Waals surface area contributed by atoms with Gasteiger partial charge in [-0.25, -0.2) is 4.79 Å². The number of anilines is 1. The van der Waals surface area contributed by atoms with Gasteiger partial charge in [0, 0.05) is 12.2 Å². The molecule has 1 aromatic carbocycles. The van der Waals surface area contributed by atoms with Gasteiger partial charge in [-0.1, -0.05) is 12.5 Å². The number of carboxylic acid groups (broad SMARTS) is 1. The van der Waals surface area contributed by atoms with Crippen molar-refractivity contribution >= 4 is 17.6 Å². The Balaban J connectivity index is 2.17. The van der Waals surface area contributed by atoms with Crippen LogP contribution in [-0.2, 0) is 4.79 Å². The van der Waals surface area contributed by atoms with Gasteiger partial charge in [0.2, 0.25) is 5.91 Å². The molecule has 1 fully saturated rings. The van der Waals surface area contributed by atoms with Crippen LogP contribution in [0.3, 0.4) is 0 Å². The third kappa shape index (κ3) is 2.46. The highest BCUT2D eigenvalue weighted by Gasteiger charge is 2.42. The zero-order valence-electron chi connectivity index (χ0n) is 10.9. The van der Waals surface area contributed by atoms with Gasteiger partial charge in [0.05, 0.1) is 11.0 Å². The standard InChI is InChI=1S/C14H18N2O3/c1-9-3-4-10(7-11(9)12(17)18)16-13(19)14(8-15)5-2-6-14/h3-4,7H,2,5-6,8,15H2,1H3,(H,16,19)(H,17,18). The average Bonchev–Trinajstić information content (AvgIpc) is 2.30. The van der Waals surface area contributed by atoms with E-state index in [0.717, 1.165) is 19.3 Å². The molecule has 0 unspecified atom stereocenters. The van der Waals surface area contributed by atoms with E-state index in [1.165, 1.54) is 6.07 Å². The van der Waals surface area contributed by atoms with Gasteiger partial charge in [-0.3, -0.25) is 4.79 Å². The number of amides is 1. The highest BCUT2D eigenvalue weighted by molar-refractivity contribution is 5.98. The van der Waals surface area contributed by atoms with E-state index in [2.05, 4.69) is 5.32 Å². The Hall–Kier alpha value is -1.88. The van der Waals surface area contributed by atoms with Crippen LogP contribution in [0.5, 0.6) is 0 Å². The van der Waals surface area contributed by atoms with E-state index < -0.39 is 11.4 Å². The number of carboxylic acids is 1. The Bertz CT molecular complexity index is 516. The molecule has 0 aromatic heterocycles. The van der Waals surface area contributed by atoms with Crippen molar-refractivity contribution in [3.63, 3.8) is 0 Å². The summed E-state index contributed by atoms with van der Waals surface area (Å²) in [5.74, 6) is -1.10. The fourth-order valence-corrected chi connectivity index (χ4v) is 2.32. The number of hydrogen-bond donors (Lipinski definition) is 3. The molecule has 2 rings (SSSR count). The molecule has 0 spiro atoms. The fourth-order valence-electron chi connectivity index (χ4n) is 2.32. The van der Waals surface area contributed by atoms with Crippen LogP contribution in [0.4, 0.5) is 5.69 Å². The van der Waals surface area contributed by atoms with E-state index in [4.69, 9.17) is 10.8 Å². The molecular weight excluding hydrogens is 244 g/mol. The SMILES string of the molecule is Cc1ccc(NC(=O)C2(CN)CCC2)cc1C(=O)O. The van der Waals surface area contributed by atoms with E-state index in [9.17, 15) is 9.59 Å². The summed E-state index contributed by atoms with van der Waals surface area (Å²) >= 11 is 0. The van der Waals surface area contributed by atoms with Crippen molar-refractivity contribution in [1.82, 2.24) is 0 Å². The molecule has 0 saturated heterocycles. The van der Waals surface area contributed by atoms with Gasteiger partial charge >= 0.3 is 5.97 Å². The molecular formula is C14H18N2O3. The van der Waals surface area contributed by atoms with Gasteiger partial charge in [-0.05, 0) is 37.5 Å². The summed E-state index contributed by atoms with van der Waals surface area (Å²) in [6.45, 7) is 2.05. The number of aromatic carboxylic acids is 1. The number of aryl methyl sites for hydroxylation is 1. The smallest absolute Gasteiger partial charge is 0.336 e. The predicted molar refractivity (Wildman–Crippen MR) is 72.1 cm³/mol. The lowest BCUT2D eigenvalue weighted by atomic mass is 9.68. The minimum atomic E-state index is -0.995. The van der Waals surface area contributed by atoms with Gasteiger partial charge in [0.15, 0.2) is 0 Å². The molecule has 0 atom stereocenters. The van der Waals surface area contributed by atoms with E-state index in [0.29, 0.717) is 17.8 Å². The number of hydrogen-bond acceptors (Lipinski definition) is 3. The van der Waals surface area contributed by atoms with Crippen LogP contribution < -0.4 is 11.1 Å². The second-order valence-electron chi connectivity index (χ2n) is 5.13. The molecule has 4 N–H and O–H groups in total. The number of nitrogens with two attached hydrogens (primary N) is 1. The van der Waals surface area contributed by atoms with Crippen molar-refractivity contribution in [3.8, 4) is 0 Å². The van der Waals surface area contributed by atoms with Crippen molar-refractivity contribution in [2.24, 2.45) is 11.1 Å². The molecule has 1 amide bonds. The van der Waals surface area contributed by atoms with Crippen LogP contribution in [0.15, 0.2) is 18.2 Å². The Morgan fingerprint density at radius 3 is 2.58 bits per heavy atom. The van der Waals surface area contributed by atoms with Crippen molar-refractivity contribution < 1.29 is 14.7 Å². The average molecular weight is 262 g/mol. The highest BCUT2D eigenvalue weighted by Crippen LogP contribution is 2.40. The molecule has 1 aliphatic rings. The first-order valence-electron chi connectivity index (χ1n) is 6.34. The van der Waals surface area contributed by atoms with Crippen LogP contribution in [0.2, 0.25) is 0 Å². The summed E-state index contributed by atoms with van der Waals surface area (Å²) < 4.78 is 0. The molecule has 19 heavy (non-hydrogen) atoms. The van der Waals surface area contributed by atoms with E-state index >= 15 is 0 Å². The summed E-state index contributed by atoms with van der Waals surface area (Å²) in [6.07, 6.45) is 2.61. The zero-order valence-corrected chi connectivity index (χ0v) is 10.9. The van der Waals surface area contributed by atoms with E-state index in [1.807, 2.05) is 0 Å². The molecule has 1 aromatic rings. The first-order chi connectivity index (χ1) is 8.98. The number of nitrogens with one attached hydrogen (secondary N) is 1. The Kier molecular flexibility index (Phi) is 3.57. The largest absolute Gasteiger partial charge is 0.478 e. The van der Waals surface area contributed by atoms with Crippen molar-refractivity contribution in [2.75, 3.05) is 11.9 Å². The zero-order chi connectivity index (χ0) is 14.0. The Morgan fingerprint density at radius 1 is 1.42 bits per heavy atom. The lowest BCUT2D eigenvalue weighted by Gasteiger charge is -2.39. The molecule has 1 aliphatic carbocycles. The Morgan fingerprint density at radius 2 is 2.11 bits per heavy atom. The molecule has 0 heterocycles. The van der Waals surface area contributed by atoms with Gasteiger partial charge in [-0.15, -0.1) is 0 Å². The summed E-state index contributed by atoms with van der Waals surface area (Å²) in [5.41, 5.74) is 6.58. The molecule has 1 saturated carbocycles. The minimum absolute atomic E-state index is 0.110. The first kappa shape index (κ1) is 13.5. The normalized spacial score (nSPS) is 16.5. The minimum Gasteiger partial charge on any atom is -0.478 e. The molecule has 102 valence electrons. The molecule has 5 heteroatoms. The number of benzene rings is 1. The molecule has 0 aliphatic heterocycles. The summed E-state index contributed by atoms with van der Waals surface area (Å²) in [7, 11) is 0. The molecule has 5 nitrogen and oxygen atoms in total. The second-order valence-corrected chi connectivity index (χ2v) is 5.13. The fraction of sp³-hybridized carbons (Fsp3) is 0.429. The monoisotopic (exact) mass is 262 g/mol. The number of carbonyl (C=O) groups excluding carboxylic acids is 1. The van der Waals surface area contributed by atoms with Crippen LogP contribution in [-0.4, -0.2) is 23.5 Å². The third-order valence-electron chi connectivity index (χ3n) is 3.91. The predicted octanol–water partition coefficient (Wildman–Crippen LogP) is 1.76. The third-order valence-corrected chi connectivity index (χ3v) is 3.91. The van der Waals surface area contributed by atoms with Crippen molar-refractivity contribution in [1.29, 1.82) is 0 Å². The van der Waals surface area contributed by atoms with Gasteiger partial charge < -0.3 is 16.2 Å². The van der Waals surface area contributed by atoms with Gasteiger partial charge in [0.1, 0.15) is 0 Å². The quantitative estimate of drug-likeness (QED) is 0.771. The second kappa shape index (κ2) is 5.01. The highest BCUT2D eigenvalue weighted by atomic mass is 16.4. The maximum Gasteiger partial charge on any atom is 0.336 e. The van der Waals surface area contributed by atoms with Crippen LogP contribution in [0, 0.1) is 12.3 Å². The lowest BCUT2D eigenvalue weighted by molar-refractivity contribution is -0.129. The Labute approximate surface area is 111 Å². The summed E-state index contributed by atoms with van der Waals surface area (Å²) in [4.78, 5) is 23.2. The first-order valence-corrected chi connectivity index (χ1v) is 6.34.